The molecule has 0 amide bonds. The summed E-state index contributed by atoms with van der Waals surface area (Å²) in [6.45, 7) is 6.36. The summed E-state index contributed by atoms with van der Waals surface area (Å²) in [4.78, 5) is 0. The van der Waals surface area contributed by atoms with Crippen molar-refractivity contribution in [3.63, 3.8) is 0 Å². The van der Waals surface area contributed by atoms with E-state index in [0.29, 0.717) is 6.54 Å². The van der Waals surface area contributed by atoms with Crippen LogP contribution < -0.4 is 10.5 Å². The lowest BCUT2D eigenvalue weighted by molar-refractivity contribution is 0.121. The molecule has 3 heteroatoms. The lowest BCUT2D eigenvalue weighted by Gasteiger charge is -2.18. The summed E-state index contributed by atoms with van der Waals surface area (Å²) in [5.74, 6) is 0.838. The zero-order chi connectivity index (χ0) is 12.1. The van der Waals surface area contributed by atoms with Gasteiger partial charge in [-0.3, -0.25) is 0 Å². The molecule has 0 aliphatic rings. The molecule has 0 bridgehead atoms. The maximum atomic E-state index is 10.0. The standard InChI is InChI=1S/C13H21NO2/c1-9(2)16-12-6-4-5-11(7-12)13(15)10(3)8-14/h4-7,9-10,13,15H,8,14H2,1-3H3. The minimum atomic E-state index is -0.527. The molecule has 0 aliphatic heterocycles. The van der Waals surface area contributed by atoms with Gasteiger partial charge in [-0.25, -0.2) is 0 Å². The van der Waals surface area contributed by atoms with Crippen molar-refractivity contribution in [1.29, 1.82) is 0 Å². The Labute approximate surface area is 97.2 Å². The maximum absolute atomic E-state index is 10.0. The summed E-state index contributed by atoms with van der Waals surface area (Å²) in [5.41, 5.74) is 6.40. The zero-order valence-electron chi connectivity index (χ0n) is 10.2. The Hall–Kier alpha value is -1.06. The number of aliphatic hydroxyl groups is 1. The zero-order valence-corrected chi connectivity index (χ0v) is 10.2. The molecule has 0 fully saturated rings. The Morgan fingerprint density at radius 3 is 2.56 bits per heavy atom. The van der Waals surface area contributed by atoms with Gasteiger partial charge in [-0.1, -0.05) is 19.1 Å². The highest BCUT2D eigenvalue weighted by atomic mass is 16.5. The molecule has 1 aromatic carbocycles. The smallest absolute Gasteiger partial charge is 0.120 e. The molecule has 90 valence electrons. The Morgan fingerprint density at radius 1 is 1.31 bits per heavy atom. The predicted molar refractivity (Wildman–Crippen MR) is 65.4 cm³/mol. The van der Waals surface area contributed by atoms with E-state index in [0.717, 1.165) is 11.3 Å². The van der Waals surface area contributed by atoms with Crippen molar-refractivity contribution in [2.75, 3.05) is 6.54 Å². The number of hydrogen-bond donors (Lipinski definition) is 2. The van der Waals surface area contributed by atoms with Crippen molar-refractivity contribution in [2.45, 2.75) is 33.0 Å². The number of ether oxygens (including phenoxy) is 1. The number of hydrogen-bond acceptors (Lipinski definition) is 3. The van der Waals surface area contributed by atoms with E-state index in [1.54, 1.807) is 0 Å². The van der Waals surface area contributed by atoms with Gasteiger partial charge in [-0.15, -0.1) is 0 Å². The number of rotatable bonds is 5. The van der Waals surface area contributed by atoms with Crippen molar-refractivity contribution in [2.24, 2.45) is 11.7 Å². The van der Waals surface area contributed by atoms with E-state index in [1.807, 2.05) is 45.0 Å². The van der Waals surface area contributed by atoms with Crippen LogP contribution in [0.25, 0.3) is 0 Å². The van der Waals surface area contributed by atoms with Gasteiger partial charge in [-0.2, -0.15) is 0 Å². The molecule has 0 saturated carbocycles. The summed E-state index contributed by atoms with van der Waals surface area (Å²) in [6.07, 6.45) is -0.389. The van der Waals surface area contributed by atoms with Gasteiger partial charge in [0.1, 0.15) is 5.75 Å². The normalized spacial score (nSPS) is 14.9. The molecule has 0 heterocycles. The summed E-state index contributed by atoms with van der Waals surface area (Å²) in [7, 11) is 0. The van der Waals surface area contributed by atoms with E-state index in [-0.39, 0.29) is 12.0 Å². The first-order valence-electron chi connectivity index (χ1n) is 5.69. The molecular weight excluding hydrogens is 202 g/mol. The van der Waals surface area contributed by atoms with Gasteiger partial charge in [-0.05, 0) is 44.0 Å². The van der Waals surface area contributed by atoms with E-state index in [1.165, 1.54) is 0 Å². The van der Waals surface area contributed by atoms with Gasteiger partial charge in [0, 0.05) is 0 Å². The second kappa shape index (κ2) is 5.87. The Morgan fingerprint density at radius 2 is 2.00 bits per heavy atom. The van der Waals surface area contributed by atoms with Crippen LogP contribution in [0.4, 0.5) is 0 Å². The van der Waals surface area contributed by atoms with Crippen molar-refractivity contribution < 1.29 is 9.84 Å². The highest BCUT2D eigenvalue weighted by Gasteiger charge is 2.15. The molecule has 0 aliphatic carbocycles. The van der Waals surface area contributed by atoms with Crippen LogP contribution in [0.15, 0.2) is 24.3 Å². The topological polar surface area (TPSA) is 55.5 Å². The second-order valence-corrected chi connectivity index (χ2v) is 4.40. The molecule has 0 radical (unpaired) electrons. The first-order valence-corrected chi connectivity index (χ1v) is 5.69. The van der Waals surface area contributed by atoms with E-state index in [2.05, 4.69) is 0 Å². The Bertz CT molecular complexity index is 325. The minimum absolute atomic E-state index is 0.0503. The Balaban J connectivity index is 2.81. The molecular formula is C13H21NO2. The van der Waals surface area contributed by atoms with Crippen LogP contribution in [0.3, 0.4) is 0 Å². The van der Waals surface area contributed by atoms with Crippen LogP contribution in [0.1, 0.15) is 32.4 Å². The first kappa shape index (κ1) is 13.0. The summed E-state index contributed by atoms with van der Waals surface area (Å²) in [5, 5.41) is 10.0. The molecule has 0 spiro atoms. The van der Waals surface area contributed by atoms with Gasteiger partial charge >= 0.3 is 0 Å². The van der Waals surface area contributed by atoms with E-state index in [4.69, 9.17) is 10.5 Å². The molecule has 0 aromatic heterocycles. The first-order chi connectivity index (χ1) is 7.54. The number of benzene rings is 1. The fraction of sp³-hybridized carbons (Fsp3) is 0.538. The fourth-order valence-corrected chi connectivity index (χ4v) is 1.50. The molecule has 2 unspecified atom stereocenters. The quantitative estimate of drug-likeness (QED) is 0.803. The van der Waals surface area contributed by atoms with Crippen LogP contribution in [0.5, 0.6) is 5.75 Å². The van der Waals surface area contributed by atoms with Crippen LogP contribution in [-0.4, -0.2) is 17.8 Å². The van der Waals surface area contributed by atoms with Gasteiger partial charge in [0.2, 0.25) is 0 Å². The molecule has 1 aromatic rings. The summed E-state index contributed by atoms with van der Waals surface area (Å²) >= 11 is 0. The minimum Gasteiger partial charge on any atom is -0.491 e. The van der Waals surface area contributed by atoms with E-state index >= 15 is 0 Å². The van der Waals surface area contributed by atoms with Gasteiger partial charge < -0.3 is 15.6 Å². The lowest BCUT2D eigenvalue weighted by atomic mass is 9.97. The fourth-order valence-electron chi connectivity index (χ4n) is 1.50. The Kier molecular flexibility index (Phi) is 4.77. The average Bonchev–Trinajstić information content (AvgIpc) is 2.26. The molecule has 16 heavy (non-hydrogen) atoms. The van der Waals surface area contributed by atoms with Crippen molar-refractivity contribution in [3.05, 3.63) is 29.8 Å². The second-order valence-electron chi connectivity index (χ2n) is 4.40. The van der Waals surface area contributed by atoms with E-state index < -0.39 is 6.10 Å². The monoisotopic (exact) mass is 223 g/mol. The maximum Gasteiger partial charge on any atom is 0.120 e. The lowest BCUT2D eigenvalue weighted by Crippen LogP contribution is -2.18. The molecule has 0 saturated heterocycles. The van der Waals surface area contributed by atoms with Crippen molar-refractivity contribution in [1.82, 2.24) is 0 Å². The number of aliphatic hydroxyl groups excluding tert-OH is 1. The predicted octanol–water partition coefficient (Wildman–Crippen LogP) is 2.10. The third-order valence-corrected chi connectivity index (χ3v) is 2.48. The summed E-state index contributed by atoms with van der Waals surface area (Å²) < 4.78 is 5.58. The molecule has 1 rings (SSSR count). The van der Waals surface area contributed by atoms with Crippen molar-refractivity contribution in [3.8, 4) is 5.75 Å². The van der Waals surface area contributed by atoms with Gasteiger partial charge in [0.15, 0.2) is 0 Å². The molecule has 3 N–H and O–H groups in total. The highest BCUT2D eigenvalue weighted by Crippen LogP contribution is 2.24. The van der Waals surface area contributed by atoms with E-state index in [9.17, 15) is 5.11 Å². The molecule has 3 nitrogen and oxygen atoms in total. The van der Waals surface area contributed by atoms with Crippen LogP contribution >= 0.6 is 0 Å². The van der Waals surface area contributed by atoms with Crippen LogP contribution in [0.2, 0.25) is 0 Å². The number of nitrogens with two attached hydrogens (primary N) is 1. The summed E-state index contributed by atoms with van der Waals surface area (Å²) in [6, 6.07) is 7.55. The largest absolute Gasteiger partial charge is 0.491 e. The van der Waals surface area contributed by atoms with Crippen LogP contribution in [-0.2, 0) is 0 Å². The third kappa shape index (κ3) is 3.51. The SMILES string of the molecule is CC(C)Oc1cccc(C(O)C(C)CN)c1. The van der Waals surface area contributed by atoms with Crippen LogP contribution in [0, 0.1) is 5.92 Å². The van der Waals surface area contributed by atoms with Gasteiger partial charge in [0.25, 0.3) is 0 Å². The van der Waals surface area contributed by atoms with Gasteiger partial charge in [0.05, 0.1) is 12.2 Å². The molecule has 2 atom stereocenters. The average molecular weight is 223 g/mol. The van der Waals surface area contributed by atoms with Crippen molar-refractivity contribution >= 4 is 0 Å². The third-order valence-electron chi connectivity index (χ3n) is 2.48. The highest BCUT2D eigenvalue weighted by molar-refractivity contribution is 5.30.